The summed E-state index contributed by atoms with van der Waals surface area (Å²) in [5, 5.41) is 2.61. The average Bonchev–Trinajstić information content (AvgIpc) is 2.76. The van der Waals surface area contributed by atoms with Crippen LogP contribution in [0.1, 0.15) is 33.6 Å². The molecule has 0 spiro atoms. The van der Waals surface area contributed by atoms with Crippen molar-refractivity contribution in [2.75, 3.05) is 27.3 Å². The van der Waals surface area contributed by atoms with Gasteiger partial charge < -0.3 is 19.7 Å². The smallest absolute Gasteiger partial charge is 0.261 e. The standard InChI is InChI=1S/C21H21F3N2O4/c1-29-15-4-3-5-16(30-2)17(15)21(28)26-10-8-12(9-11-26)25-20(27)13-6-7-14(22)19(24)18(13)23/h3-7,12H,8-11H2,1-2H3,(H,25,27). The fourth-order valence-electron chi connectivity index (χ4n) is 3.41. The van der Waals surface area contributed by atoms with Gasteiger partial charge in [-0.2, -0.15) is 0 Å². The van der Waals surface area contributed by atoms with Crippen LogP contribution in [0.2, 0.25) is 0 Å². The van der Waals surface area contributed by atoms with Gasteiger partial charge in [-0.15, -0.1) is 0 Å². The summed E-state index contributed by atoms with van der Waals surface area (Å²) in [6, 6.07) is 6.31. The third-order valence-electron chi connectivity index (χ3n) is 5.04. The Labute approximate surface area is 171 Å². The molecule has 0 unspecified atom stereocenters. The SMILES string of the molecule is COc1cccc(OC)c1C(=O)N1CCC(NC(=O)c2ccc(F)c(F)c2F)CC1. The maximum absolute atomic E-state index is 13.8. The number of rotatable bonds is 5. The number of halogens is 3. The number of hydrogen-bond donors (Lipinski definition) is 1. The Morgan fingerprint density at radius 3 is 2.13 bits per heavy atom. The molecule has 6 nitrogen and oxygen atoms in total. The van der Waals surface area contributed by atoms with E-state index in [4.69, 9.17) is 9.47 Å². The molecule has 1 heterocycles. The van der Waals surface area contributed by atoms with Crippen LogP contribution in [-0.4, -0.2) is 50.1 Å². The lowest BCUT2D eigenvalue weighted by Gasteiger charge is -2.33. The van der Waals surface area contributed by atoms with Crippen molar-refractivity contribution in [1.82, 2.24) is 10.2 Å². The minimum atomic E-state index is -1.69. The summed E-state index contributed by atoms with van der Waals surface area (Å²) < 4.78 is 50.8. The van der Waals surface area contributed by atoms with Gasteiger partial charge in [0.2, 0.25) is 0 Å². The quantitative estimate of drug-likeness (QED) is 0.752. The van der Waals surface area contributed by atoms with Crippen LogP contribution in [0.5, 0.6) is 11.5 Å². The van der Waals surface area contributed by atoms with Crippen LogP contribution >= 0.6 is 0 Å². The number of methoxy groups -OCH3 is 2. The second-order valence-corrected chi connectivity index (χ2v) is 6.80. The van der Waals surface area contributed by atoms with Gasteiger partial charge in [-0.1, -0.05) is 6.07 Å². The Kier molecular flexibility index (Phi) is 6.49. The fraction of sp³-hybridized carbons (Fsp3) is 0.333. The molecule has 9 heteroatoms. The molecule has 1 N–H and O–H groups in total. The van der Waals surface area contributed by atoms with Crippen LogP contribution < -0.4 is 14.8 Å². The molecule has 0 bridgehead atoms. The van der Waals surface area contributed by atoms with Crippen LogP contribution in [-0.2, 0) is 0 Å². The lowest BCUT2D eigenvalue weighted by molar-refractivity contribution is 0.0691. The predicted molar refractivity (Wildman–Crippen MR) is 102 cm³/mol. The van der Waals surface area contributed by atoms with E-state index in [1.807, 2.05) is 0 Å². The summed E-state index contributed by atoms with van der Waals surface area (Å²) in [5.41, 5.74) is -0.250. The van der Waals surface area contributed by atoms with E-state index in [9.17, 15) is 22.8 Å². The van der Waals surface area contributed by atoms with E-state index in [1.54, 1.807) is 23.1 Å². The molecule has 2 aromatic rings. The van der Waals surface area contributed by atoms with E-state index in [-0.39, 0.29) is 11.9 Å². The Balaban J connectivity index is 1.65. The number of carbonyl (C=O) groups is 2. The molecule has 2 aromatic carbocycles. The fourth-order valence-corrected chi connectivity index (χ4v) is 3.41. The highest BCUT2D eigenvalue weighted by Gasteiger charge is 2.29. The van der Waals surface area contributed by atoms with E-state index in [0.717, 1.165) is 6.07 Å². The van der Waals surface area contributed by atoms with Gasteiger partial charge in [-0.05, 0) is 37.1 Å². The van der Waals surface area contributed by atoms with E-state index >= 15 is 0 Å². The lowest BCUT2D eigenvalue weighted by atomic mass is 10.0. The van der Waals surface area contributed by atoms with Crippen molar-refractivity contribution in [3.63, 3.8) is 0 Å². The van der Waals surface area contributed by atoms with Crippen LogP contribution in [0.3, 0.4) is 0 Å². The zero-order valence-corrected chi connectivity index (χ0v) is 16.5. The van der Waals surface area contributed by atoms with Crippen LogP contribution in [0.15, 0.2) is 30.3 Å². The maximum Gasteiger partial charge on any atom is 0.261 e. The van der Waals surface area contributed by atoms with Gasteiger partial charge in [0.1, 0.15) is 17.1 Å². The van der Waals surface area contributed by atoms with Crippen LogP contribution in [0.25, 0.3) is 0 Å². The van der Waals surface area contributed by atoms with Crippen molar-refractivity contribution < 1.29 is 32.2 Å². The number of amides is 2. The van der Waals surface area contributed by atoms with Gasteiger partial charge >= 0.3 is 0 Å². The zero-order chi connectivity index (χ0) is 21.8. The average molecular weight is 422 g/mol. The number of nitrogens with one attached hydrogen (secondary N) is 1. The molecule has 160 valence electrons. The first kappa shape index (κ1) is 21.5. The molecular formula is C21H21F3N2O4. The Bertz CT molecular complexity index is 937. The molecule has 1 saturated heterocycles. The third kappa shape index (κ3) is 4.19. The minimum absolute atomic E-state index is 0.263. The molecule has 1 aliphatic heterocycles. The van der Waals surface area contributed by atoms with E-state index in [0.29, 0.717) is 49.1 Å². The second kappa shape index (κ2) is 9.06. The number of benzene rings is 2. The van der Waals surface area contributed by atoms with E-state index in [2.05, 4.69) is 5.32 Å². The zero-order valence-electron chi connectivity index (χ0n) is 16.5. The van der Waals surface area contributed by atoms with E-state index < -0.39 is 28.9 Å². The van der Waals surface area contributed by atoms with Gasteiger partial charge in [0.25, 0.3) is 11.8 Å². The molecule has 30 heavy (non-hydrogen) atoms. The number of hydrogen-bond acceptors (Lipinski definition) is 4. The molecule has 0 radical (unpaired) electrons. The maximum atomic E-state index is 13.8. The highest BCUT2D eigenvalue weighted by Crippen LogP contribution is 2.30. The molecule has 1 aliphatic rings. The summed E-state index contributed by atoms with van der Waals surface area (Å²) in [7, 11) is 2.93. The normalized spacial score (nSPS) is 14.4. The highest BCUT2D eigenvalue weighted by molar-refractivity contribution is 6.00. The van der Waals surface area contributed by atoms with Crippen molar-refractivity contribution in [3.8, 4) is 11.5 Å². The number of carbonyl (C=O) groups excluding carboxylic acids is 2. The van der Waals surface area contributed by atoms with Gasteiger partial charge in [0.05, 0.1) is 19.8 Å². The Morgan fingerprint density at radius 2 is 1.57 bits per heavy atom. The topological polar surface area (TPSA) is 67.9 Å². The summed E-state index contributed by atoms with van der Waals surface area (Å²) in [6.07, 6.45) is 0.834. The van der Waals surface area contributed by atoms with Crippen molar-refractivity contribution in [2.24, 2.45) is 0 Å². The second-order valence-electron chi connectivity index (χ2n) is 6.80. The molecular weight excluding hydrogens is 401 g/mol. The summed E-state index contributed by atoms with van der Waals surface area (Å²) in [4.78, 5) is 26.8. The first-order valence-electron chi connectivity index (χ1n) is 9.32. The monoisotopic (exact) mass is 422 g/mol. The number of piperidine rings is 1. The largest absolute Gasteiger partial charge is 0.496 e. The molecule has 0 saturated carbocycles. The van der Waals surface area contributed by atoms with Crippen molar-refractivity contribution in [2.45, 2.75) is 18.9 Å². The van der Waals surface area contributed by atoms with Crippen molar-refractivity contribution >= 4 is 11.8 Å². The molecule has 2 amide bonds. The van der Waals surface area contributed by atoms with Crippen LogP contribution in [0, 0.1) is 17.5 Å². The Morgan fingerprint density at radius 1 is 0.967 bits per heavy atom. The first-order chi connectivity index (χ1) is 14.4. The highest BCUT2D eigenvalue weighted by atomic mass is 19.2. The van der Waals surface area contributed by atoms with Gasteiger partial charge in [0.15, 0.2) is 17.5 Å². The number of ether oxygens (including phenoxy) is 2. The van der Waals surface area contributed by atoms with Crippen molar-refractivity contribution in [3.05, 3.63) is 58.9 Å². The summed E-state index contributed by atoms with van der Waals surface area (Å²) >= 11 is 0. The molecule has 3 rings (SSSR count). The first-order valence-corrected chi connectivity index (χ1v) is 9.32. The van der Waals surface area contributed by atoms with Gasteiger partial charge in [-0.3, -0.25) is 9.59 Å². The van der Waals surface area contributed by atoms with Crippen molar-refractivity contribution in [1.29, 1.82) is 0 Å². The predicted octanol–water partition coefficient (Wildman–Crippen LogP) is 3.16. The van der Waals surface area contributed by atoms with Crippen LogP contribution in [0.4, 0.5) is 13.2 Å². The number of likely N-dealkylation sites (tertiary alicyclic amines) is 1. The third-order valence-corrected chi connectivity index (χ3v) is 5.04. The van der Waals surface area contributed by atoms with Gasteiger partial charge in [-0.25, -0.2) is 13.2 Å². The summed E-state index contributed by atoms with van der Waals surface area (Å²) in [6.45, 7) is 0.677. The Hall–Kier alpha value is -3.23. The lowest BCUT2D eigenvalue weighted by Crippen LogP contribution is -2.46. The molecule has 0 aliphatic carbocycles. The number of nitrogens with zero attached hydrogens (tertiary/aromatic N) is 1. The van der Waals surface area contributed by atoms with E-state index in [1.165, 1.54) is 14.2 Å². The minimum Gasteiger partial charge on any atom is -0.496 e. The molecule has 1 fully saturated rings. The van der Waals surface area contributed by atoms with Gasteiger partial charge in [0, 0.05) is 19.1 Å². The summed E-state index contributed by atoms with van der Waals surface area (Å²) in [5.74, 6) is -4.88. The molecule has 0 aromatic heterocycles. The molecule has 0 atom stereocenters.